The topological polar surface area (TPSA) is 54.7 Å². The summed E-state index contributed by atoms with van der Waals surface area (Å²) in [5.74, 6) is 0.477. The molecule has 0 spiro atoms. The van der Waals surface area contributed by atoms with Crippen molar-refractivity contribution in [2.45, 2.75) is 25.8 Å². The molecule has 3 heteroatoms. The number of rotatable bonds is 1. The van der Waals surface area contributed by atoms with E-state index < -0.39 is 0 Å². The Kier molecular flexibility index (Phi) is 1.16. The van der Waals surface area contributed by atoms with Gasteiger partial charge in [0.1, 0.15) is 0 Å². The van der Waals surface area contributed by atoms with Crippen LogP contribution in [-0.4, -0.2) is 16.2 Å². The highest BCUT2D eigenvalue weighted by Crippen LogP contribution is 2.56. The van der Waals surface area contributed by atoms with Crippen LogP contribution < -0.4 is 5.73 Å². The second-order valence-corrected chi connectivity index (χ2v) is 3.84. The Labute approximate surface area is 66.0 Å². The van der Waals surface area contributed by atoms with Gasteiger partial charge in [0.05, 0.1) is 0 Å². The summed E-state index contributed by atoms with van der Waals surface area (Å²) < 4.78 is 0. The van der Waals surface area contributed by atoms with E-state index in [1.54, 1.807) is 6.20 Å². The van der Waals surface area contributed by atoms with Crippen LogP contribution in [0.15, 0.2) is 12.3 Å². The van der Waals surface area contributed by atoms with E-state index in [0.717, 1.165) is 0 Å². The average Bonchev–Trinajstić information content (AvgIpc) is 2.40. The predicted octanol–water partition coefficient (Wildman–Crippen LogP) is 0.860. The summed E-state index contributed by atoms with van der Waals surface area (Å²) in [6.45, 7) is 4.37. The van der Waals surface area contributed by atoms with E-state index in [1.165, 1.54) is 5.69 Å². The molecular weight excluding hydrogens is 138 g/mol. The van der Waals surface area contributed by atoms with E-state index >= 15 is 0 Å². The van der Waals surface area contributed by atoms with Gasteiger partial charge in [0, 0.05) is 23.9 Å². The van der Waals surface area contributed by atoms with Gasteiger partial charge in [-0.05, 0) is 11.5 Å². The molecule has 2 unspecified atom stereocenters. The van der Waals surface area contributed by atoms with Crippen molar-refractivity contribution >= 4 is 0 Å². The monoisotopic (exact) mass is 151 g/mol. The van der Waals surface area contributed by atoms with Crippen LogP contribution in [0.1, 0.15) is 25.5 Å². The van der Waals surface area contributed by atoms with E-state index in [2.05, 4.69) is 24.0 Å². The molecule has 1 saturated carbocycles. The van der Waals surface area contributed by atoms with Crippen LogP contribution in [-0.2, 0) is 0 Å². The SMILES string of the molecule is CC1(C)C(N)C1c1ccn[nH]1. The van der Waals surface area contributed by atoms with Crippen molar-refractivity contribution < 1.29 is 0 Å². The van der Waals surface area contributed by atoms with Crippen molar-refractivity contribution in [3.8, 4) is 0 Å². The molecule has 1 aliphatic carbocycles. The lowest BCUT2D eigenvalue weighted by molar-refractivity contribution is 0.595. The van der Waals surface area contributed by atoms with Gasteiger partial charge >= 0.3 is 0 Å². The van der Waals surface area contributed by atoms with Crippen LogP contribution in [0, 0.1) is 5.41 Å². The lowest BCUT2D eigenvalue weighted by Gasteiger charge is -1.97. The van der Waals surface area contributed by atoms with Gasteiger partial charge in [0.2, 0.25) is 0 Å². The number of hydrogen-bond donors (Lipinski definition) is 2. The van der Waals surface area contributed by atoms with Gasteiger partial charge < -0.3 is 5.73 Å². The van der Waals surface area contributed by atoms with Gasteiger partial charge in [-0.25, -0.2) is 0 Å². The van der Waals surface area contributed by atoms with Crippen molar-refractivity contribution in [3.05, 3.63) is 18.0 Å². The summed E-state index contributed by atoms with van der Waals surface area (Å²) in [5.41, 5.74) is 7.31. The number of hydrogen-bond acceptors (Lipinski definition) is 2. The van der Waals surface area contributed by atoms with Crippen LogP contribution in [0.4, 0.5) is 0 Å². The molecule has 3 N–H and O–H groups in total. The largest absolute Gasteiger partial charge is 0.327 e. The number of aromatic nitrogens is 2. The van der Waals surface area contributed by atoms with Crippen molar-refractivity contribution in [2.24, 2.45) is 11.1 Å². The molecule has 0 radical (unpaired) electrons. The van der Waals surface area contributed by atoms with Crippen LogP contribution >= 0.6 is 0 Å². The van der Waals surface area contributed by atoms with Crippen LogP contribution in [0.3, 0.4) is 0 Å². The molecule has 1 aliphatic rings. The first-order chi connectivity index (χ1) is 5.14. The van der Waals surface area contributed by atoms with Gasteiger partial charge in [-0.3, -0.25) is 5.10 Å². The third-order valence-corrected chi connectivity index (χ3v) is 2.77. The van der Waals surface area contributed by atoms with Crippen LogP contribution in [0.2, 0.25) is 0 Å². The molecule has 0 bridgehead atoms. The molecule has 60 valence electrons. The highest BCUT2D eigenvalue weighted by molar-refractivity contribution is 5.27. The van der Waals surface area contributed by atoms with Gasteiger partial charge in [-0.1, -0.05) is 13.8 Å². The molecular formula is C8H13N3. The first-order valence-electron chi connectivity index (χ1n) is 3.89. The summed E-state index contributed by atoms with van der Waals surface area (Å²) in [4.78, 5) is 0. The fraction of sp³-hybridized carbons (Fsp3) is 0.625. The van der Waals surface area contributed by atoms with Crippen molar-refractivity contribution in [3.63, 3.8) is 0 Å². The maximum absolute atomic E-state index is 5.89. The zero-order chi connectivity index (χ0) is 8.06. The molecule has 0 amide bonds. The van der Waals surface area contributed by atoms with Crippen molar-refractivity contribution in [1.29, 1.82) is 0 Å². The van der Waals surface area contributed by atoms with E-state index in [0.29, 0.717) is 12.0 Å². The molecule has 3 nitrogen and oxygen atoms in total. The minimum Gasteiger partial charge on any atom is -0.327 e. The standard InChI is InChI=1S/C8H13N3/c1-8(2)6(7(8)9)5-3-4-10-11-5/h3-4,6-7H,9H2,1-2H3,(H,10,11). The van der Waals surface area contributed by atoms with E-state index in [-0.39, 0.29) is 5.41 Å². The van der Waals surface area contributed by atoms with Crippen molar-refractivity contribution in [1.82, 2.24) is 10.2 Å². The Balaban J connectivity index is 2.23. The minimum absolute atomic E-state index is 0.256. The lowest BCUT2D eigenvalue weighted by atomic mass is 10.1. The fourth-order valence-electron chi connectivity index (χ4n) is 1.71. The Hall–Kier alpha value is -0.830. The second-order valence-electron chi connectivity index (χ2n) is 3.84. The molecule has 1 aromatic heterocycles. The Morgan fingerprint density at radius 3 is 2.64 bits per heavy atom. The zero-order valence-corrected chi connectivity index (χ0v) is 6.83. The maximum atomic E-state index is 5.89. The summed E-state index contributed by atoms with van der Waals surface area (Å²) in [6.07, 6.45) is 1.77. The molecule has 11 heavy (non-hydrogen) atoms. The number of nitrogens with one attached hydrogen (secondary N) is 1. The molecule has 2 rings (SSSR count). The van der Waals surface area contributed by atoms with E-state index in [9.17, 15) is 0 Å². The molecule has 0 aliphatic heterocycles. The molecule has 2 atom stereocenters. The average molecular weight is 151 g/mol. The molecule has 1 fully saturated rings. The summed E-state index contributed by atoms with van der Waals surface area (Å²) in [6, 6.07) is 2.29. The third-order valence-electron chi connectivity index (χ3n) is 2.77. The quantitative estimate of drug-likeness (QED) is 0.625. The van der Waals surface area contributed by atoms with Gasteiger partial charge in [0.25, 0.3) is 0 Å². The van der Waals surface area contributed by atoms with Gasteiger partial charge in [0.15, 0.2) is 0 Å². The molecule has 0 saturated heterocycles. The van der Waals surface area contributed by atoms with Crippen LogP contribution in [0.25, 0.3) is 0 Å². The number of nitrogens with zero attached hydrogens (tertiary/aromatic N) is 1. The lowest BCUT2D eigenvalue weighted by Crippen LogP contribution is -2.06. The summed E-state index contributed by atoms with van der Waals surface area (Å²) >= 11 is 0. The predicted molar refractivity (Wildman–Crippen MR) is 43.1 cm³/mol. The fourth-order valence-corrected chi connectivity index (χ4v) is 1.71. The third kappa shape index (κ3) is 0.807. The van der Waals surface area contributed by atoms with E-state index in [1.807, 2.05) is 6.07 Å². The van der Waals surface area contributed by atoms with Gasteiger partial charge in [-0.15, -0.1) is 0 Å². The van der Waals surface area contributed by atoms with Gasteiger partial charge in [-0.2, -0.15) is 5.10 Å². The first-order valence-corrected chi connectivity index (χ1v) is 3.89. The number of aromatic amines is 1. The second kappa shape index (κ2) is 1.85. The Morgan fingerprint density at radius 2 is 2.27 bits per heavy atom. The molecule has 0 aromatic carbocycles. The normalized spacial score (nSPS) is 33.7. The molecule has 1 heterocycles. The first kappa shape index (κ1) is 6.85. The summed E-state index contributed by atoms with van der Waals surface area (Å²) in [7, 11) is 0. The highest BCUT2D eigenvalue weighted by Gasteiger charge is 2.56. The van der Waals surface area contributed by atoms with Crippen LogP contribution in [0.5, 0.6) is 0 Å². The minimum atomic E-state index is 0.256. The smallest absolute Gasteiger partial charge is 0.0490 e. The molecule has 1 aromatic rings. The number of nitrogens with two attached hydrogens (primary N) is 1. The van der Waals surface area contributed by atoms with E-state index in [4.69, 9.17) is 5.73 Å². The summed E-state index contributed by atoms with van der Waals surface area (Å²) in [5, 5.41) is 6.86. The zero-order valence-electron chi connectivity index (χ0n) is 6.83. The maximum Gasteiger partial charge on any atom is 0.0490 e. The Morgan fingerprint density at radius 1 is 1.64 bits per heavy atom. The Bertz CT molecular complexity index is 250. The highest BCUT2D eigenvalue weighted by atomic mass is 15.1. The van der Waals surface area contributed by atoms with Crippen molar-refractivity contribution in [2.75, 3.05) is 0 Å². The number of H-pyrrole nitrogens is 1.